The summed E-state index contributed by atoms with van der Waals surface area (Å²) >= 11 is 0. The van der Waals surface area contributed by atoms with Crippen LogP contribution in [-0.4, -0.2) is 18.8 Å². The van der Waals surface area contributed by atoms with Crippen LogP contribution >= 0.6 is 0 Å². The lowest BCUT2D eigenvalue weighted by atomic mass is 10.1. The second-order valence-corrected chi connectivity index (χ2v) is 4.60. The third-order valence-electron chi connectivity index (χ3n) is 2.84. The zero-order valence-electron chi connectivity index (χ0n) is 11.4. The second kappa shape index (κ2) is 8.30. The summed E-state index contributed by atoms with van der Waals surface area (Å²) in [6, 6.07) is 7.99. The number of carbonyl (C=O) groups excluding carboxylic acids is 1. The van der Waals surface area contributed by atoms with Crippen molar-refractivity contribution in [3.8, 4) is 6.07 Å². The molecular weight excluding hydrogens is 283 g/mol. The number of carbonyl (C=O) groups is 1. The smallest absolute Gasteiger partial charge is 0.389 e. The van der Waals surface area contributed by atoms with Crippen molar-refractivity contribution < 1.29 is 22.7 Å². The number of ether oxygens (including phenoxy) is 1. The van der Waals surface area contributed by atoms with E-state index in [4.69, 9.17) is 10.00 Å². The molecule has 0 amide bonds. The van der Waals surface area contributed by atoms with Crippen molar-refractivity contribution in [3.63, 3.8) is 0 Å². The minimum Gasteiger partial charge on any atom is -0.462 e. The molecule has 1 aromatic rings. The van der Waals surface area contributed by atoms with Crippen LogP contribution in [-0.2, 0) is 4.74 Å². The van der Waals surface area contributed by atoms with Gasteiger partial charge in [0.25, 0.3) is 0 Å². The maximum atomic E-state index is 11.9. The highest BCUT2D eigenvalue weighted by Crippen LogP contribution is 2.22. The van der Waals surface area contributed by atoms with E-state index in [1.54, 1.807) is 0 Å². The Morgan fingerprint density at radius 3 is 2.29 bits per heavy atom. The average Bonchev–Trinajstić information content (AvgIpc) is 2.45. The molecule has 1 aromatic carbocycles. The number of halogens is 3. The molecule has 0 unspecified atom stereocenters. The molecule has 1 rings (SSSR count). The molecule has 0 atom stereocenters. The highest BCUT2D eigenvalue weighted by molar-refractivity contribution is 5.89. The number of hydrogen-bond acceptors (Lipinski definition) is 3. The lowest BCUT2D eigenvalue weighted by Crippen LogP contribution is -2.07. The largest absolute Gasteiger partial charge is 0.462 e. The predicted molar refractivity (Wildman–Crippen MR) is 70.6 cm³/mol. The summed E-state index contributed by atoms with van der Waals surface area (Å²) in [6.07, 6.45) is -3.16. The third-order valence-corrected chi connectivity index (χ3v) is 2.84. The van der Waals surface area contributed by atoms with Gasteiger partial charge in [-0.2, -0.15) is 18.4 Å². The fraction of sp³-hybridized carbons (Fsp3) is 0.467. The fourth-order valence-electron chi connectivity index (χ4n) is 1.71. The first-order valence-corrected chi connectivity index (χ1v) is 6.66. The van der Waals surface area contributed by atoms with E-state index in [1.165, 1.54) is 24.3 Å². The van der Waals surface area contributed by atoms with Gasteiger partial charge >= 0.3 is 12.1 Å². The van der Waals surface area contributed by atoms with Gasteiger partial charge < -0.3 is 4.74 Å². The van der Waals surface area contributed by atoms with Crippen LogP contribution < -0.4 is 0 Å². The van der Waals surface area contributed by atoms with Crippen molar-refractivity contribution in [3.05, 3.63) is 35.4 Å². The molecule has 0 saturated heterocycles. The highest BCUT2D eigenvalue weighted by Gasteiger charge is 2.25. The number of esters is 1. The highest BCUT2D eigenvalue weighted by atomic mass is 19.4. The lowest BCUT2D eigenvalue weighted by molar-refractivity contribution is -0.135. The molecule has 6 heteroatoms. The molecule has 0 radical (unpaired) electrons. The minimum absolute atomic E-state index is 0.104. The van der Waals surface area contributed by atoms with E-state index in [1.807, 2.05) is 6.07 Å². The van der Waals surface area contributed by atoms with Crippen LogP contribution in [0.5, 0.6) is 0 Å². The Kier molecular flexibility index (Phi) is 6.73. The summed E-state index contributed by atoms with van der Waals surface area (Å²) in [4.78, 5) is 11.6. The van der Waals surface area contributed by atoms with Gasteiger partial charge in [0, 0.05) is 6.42 Å². The van der Waals surface area contributed by atoms with Crippen LogP contribution in [0.2, 0.25) is 0 Å². The van der Waals surface area contributed by atoms with E-state index in [2.05, 4.69) is 0 Å². The predicted octanol–water partition coefficient (Wildman–Crippen LogP) is 4.23. The van der Waals surface area contributed by atoms with Gasteiger partial charge in [-0.05, 0) is 37.1 Å². The molecule has 0 spiro atoms. The van der Waals surface area contributed by atoms with Crippen molar-refractivity contribution in [2.24, 2.45) is 0 Å². The van der Waals surface area contributed by atoms with Crippen LogP contribution in [0.4, 0.5) is 13.2 Å². The van der Waals surface area contributed by atoms with Crippen LogP contribution in [0.15, 0.2) is 24.3 Å². The topological polar surface area (TPSA) is 50.1 Å². The molecule has 0 heterocycles. The van der Waals surface area contributed by atoms with Crippen LogP contribution in [0, 0.1) is 11.3 Å². The zero-order valence-corrected chi connectivity index (χ0v) is 11.4. The summed E-state index contributed by atoms with van der Waals surface area (Å²) in [5, 5.41) is 8.62. The monoisotopic (exact) mass is 299 g/mol. The number of benzene rings is 1. The maximum absolute atomic E-state index is 11.9. The molecule has 0 N–H and O–H groups in total. The number of hydrogen-bond donors (Lipinski definition) is 0. The molecule has 3 nitrogen and oxygen atoms in total. The summed E-state index contributed by atoms with van der Waals surface area (Å²) in [6.45, 7) is 0.185. The molecule has 0 fully saturated rings. The number of alkyl halides is 3. The van der Waals surface area contributed by atoms with Crippen molar-refractivity contribution in [2.45, 2.75) is 38.3 Å². The van der Waals surface area contributed by atoms with Crippen LogP contribution in [0.25, 0.3) is 0 Å². The van der Waals surface area contributed by atoms with Gasteiger partial charge in [0.1, 0.15) is 0 Å². The van der Waals surface area contributed by atoms with E-state index >= 15 is 0 Å². The van der Waals surface area contributed by atoms with Crippen molar-refractivity contribution >= 4 is 5.97 Å². The molecular formula is C15H16F3NO2. The molecule has 0 aliphatic carbocycles. The van der Waals surface area contributed by atoms with E-state index in [0.717, 1.165) is 0 Å². The Balaban J connectivity index is 2.15. The van der Waals surface area contributed by atoms with Crippen molar-refractivity contribution in [1.29, 1.82) is 5.26 Å². The van der Waals surface area contributed by atoms with Crippen LogP contribution in [0.1, 0.15) is 48.0 Å². The molecule has 21 heavy (non-hydrogen) atoms. The third kappa shape index (κ3) is 7.35. The first-order chi connectivity index (χ1) is 9.92. The zero-order chi connectivity index (χ0) is 15.7. The maximum Gasteiger partial charge on any atom is 0.389 e. The Labute approximate surface area is 121 Å². The molecule has 0 aliphatic heterocycles. The summed E-state index contributed by atoms with van der Waals surface area (Å²) in [5.41, 5.74) is 0.808. The molecule has 0 aliphatic rings. The quantitative estimate of drug-likeness (QED) is 0.559. The Bertz CT molecular complexity index is 489. The van der Waals surface area contributed by atoms with Gasteiger partial charge in [0.05, 0.1) is 23.8 Å². The minimum atomic E-state index is -4.10. The van der Waals surface area contributed by atoms with E-state index in [-0.39, 0.29) is 13.0 Å². The fourth-order valence-corrected chi connectivity index (χ4v) is 1.71. The van der Waals surface area contributed by atoms with Gasteiger partial charge in [-0.25, -0.2) is 4.79 Å². The molecule has 0 saturated carbocycles. The number of rotatable bonds is 7. The molecule has 0 bridgehead atoms. The molecule has 0 aromatic heterocycles. The Morgan fingerprint density at radius 2 is 1.71 bits per heavy atom. The lowest BCUT2D eigenvalue weighted by Gasteiger charge is -2.06. The van der Waals surface area contributed by atoms with Crippen molar-refractivity contribution in [1.82, 2.24) is 0 Å². The first-order valence-electron chi connectivity index (χ1n) is 6.66. The second-order valence-electron chi connectivity index (χ2n) is 4.60. The number of unbranched alkanes of at least 4 members (excludes halogenated alkanes) is 3. The SMILES string of the molecule is N#Cc1ccc(C(=O)OCCCCCCC(F)(F)F)cc1. The summed E-state index contributed by atoms with van der Waals surface area (Å²) in [7, 11) is 0. The first kappa shape index (κ1) is 17.0. The average molecular weight is 299 g/mol. The standard InChI is InChI=1S/C15H16F3NO2/c16-15(17,18)9-3-1-2-4-10-21-14(20)13-7-5-12(11-19)6-8-13/h5-8H,1-4,9-10H2. The van der Waals surface area contributed by atoms with Gasteiger partial charge in [-0.15, -0.1) is 0 Å². The molecule has 114 valence electrons. The van der Waals surface area contributed by atoms with Gasteiger partial charge in [-0.1, -0.05) is 12.8 Å². The summed E-state index contributed by atoms with van der Waals surface area (Å²) < 4.78 is 40.7. The number of nitrogens with zero attached hydrogens (tertiary/aromatic N) is 1. The van der Waals surface area contributed by atoms with E-state index in [0.29, 0.717) is 30.4 Å². The Morgan fingerprint density at radius 1 is 1.10 bits per heavy atom. The normalized spacial score (nSPS) is 11.0. The van der Waals surface area contributed by atoms with E-state index < -0.39 is 18.6 Å². The van der Waals surface area contributed by atoms with E-state index in [9.17, 15) is 18.0 Å². The number of nitriles is 1. The summed E-state index contributed by atoms with van der Waals surface area (Å²) in [5.74, 6) is -0.491. The van der Waals surface area contributed by atoms with Crippen molar-refractivity contribution in [2.75, 3.05) is 6.61 Å². The van der Waals surface area contributed by atoms with Gasteiger partial charge in [-0.3, -0.25) is 0 Å². The van der Waals surface area contributed by atoms with Crippen LogP contribution in [0.3, 0.4) is 0 Å². The van der Waals surface area contributed by atoms with Gasteiger partial charge in [0.15, 0.2) is 0 Å². The Hall–Kier alpha value is -2.03. The van der Waals surface area contributed by atoms with Gasteiger partial charge in [0.2, 0.25) is 0 Å².